The lowest BCUT2D eigenvalue weighted by Crippen LogP contribution is -2.35. The molecule has 0 amide bonds. The molecule has 0 spiro atoms. The van der Waals surface area contributed by atoms with Crippen molar-refractivity contribution in [3.63, 3.8) is 0 Å². The number of benzene rings is 1. The van der Waals surface area contributed by atoms with Gasteiger partial charge in [0.05, 0.1) is 25.6 Å². The first-order valence-corrected chi connectivity index (χ1v) is 9.44. The summed E-state index contributed by atoms with van der Waals surface area (Å²) in [6.07, 6.45) is 1.89. The van der Waals surface area contributed by atoms with Crippen molar-refractivity contribution in [3.05, 3.63) is 55.5 Å². The van der Waals surface area contributed by atoms with E-state index in [-0.39, 0.29) is 12.1 Å². The highest BCUT2D eigenvalue weighted by molar-refractivity contribution is 7.18. The Morgan fingerprint density at radius 3 is 2.69 bits per heavy atom. The molecule has 0 saturated carbocycles. The lowest BCUT2D eigenvalue weighted by Gasteiger charge is -2.12. The van der Waals surface area contributed by atoms with Crippen molar-refractivity contribution in [1.29, 1.82) is 0 Å². The van der Waals surface area contributed by atoms with Gasteiger partial charge in [0, 0.05) is 16.5 Å². The standard InChI is InChI=1S/C19H22N2O4S/c1-4-6-14-10-15-17(26-14)20-19(23)21(18(15)22)11-12-7-8-13(25-5-2)9-16(12)24-3/h7-10H,4-6,11H2,1-3H3,(H,20,23). The van der Waals surface area contributed by atoms with Crippen LogP contribution in [-0.2, 0) is 13.0 Å². The van der Waals surface area contributed by atoms with Crippen LogP contribution >= 0.6 is 11.3 Å². The number of aromatic amines is 1. The number of ether oxygens (including phenoxy) is 2. The summed E-state index contributed by atoms with van der Waals surface area (Å²) in [5.74, 6) is 1.27. The number of nitrogens with one attached hydrogen (secondary N) is 1. The smallest absolute Gasteiger partial charge is 0.329 e. The zero-order valence-corrected chi connectivity index (χ0v) is 15.9. The maximum atomic E-state index is 12.8. The van der Waals surface area contributed by atoms with Crippen molar-refractivity contribution in [2.45, 2.75) is 33.2 Å². The molecule has 3 aromatic rings. The molecule has 0 aliphatic heterocycles. The molecule has 6 nitrogen and oxygen atoms in total. The summed E-state index contributed by atoms with van der Waals surface area (Å²) < 4.78 is 12.1. The molecular formula is C19H22N2O4S. The Morgan fingerprint density at radius 1 is 1.19 bits per heavy atom. The van der Waals surface area contributed by atoms with Gasteiger partial charge in [0.15, 0.2) is 0 Å². The highest BCUT2D eigenvalue weighted by Gasteiger charge is 2.14. The minimum absolute atomic E-state index is 0.138. The average Bonchev–Trinajstić information content (AvgIpc) is 3.02. The molecule has 1 N–H and O–H groups in total. The van der Waals surface area contributed by atoms with Crippen molar-refractivity contribution in [1.82, 2.24) is 9.55 Å². The van der Waals surface area contributed by atoms with E-state index < -0.39 is 5.69 Å². The molecule has 0 atom stereocenters. The van der Waals surface area contributed by atoms with Gasteiger partial charge < -0.3 is 9.47 Å². The lowest BCUT2D eigenvalue weighted by atomic mass is 10.2. The van der Waals surface area contributed by atoms with Crippen LogP contribution in [0.4, 0.5) is 0 Å². The maximum Gasteiger partial charge on any atom is 0.329 e. The molecule has 0 aliphatic rings. The van der Waals surface area contributed by atoms with Crippen LogP contribution in [0.15, 0.2) is 33.9 Å². The van der Waals surface area contributed by atoms with Gasteiger partial charge in [0.2, 0.25) is 0 Å². The highest BCUT2D eigenvalue weighted by Crippen LogP contribution is 2.26. The monoisotopic (exact) mass is 374 g/mol. The van der Waals surface area contributed by atoms with E-state index in [4.69, 9.17) is 9.47 Å². The fraction of sp³-hybridized carbons (Fsp3) is 0.368. The van der Waals surface area contributed by atoms with Crippen molar-refractivity contribution in [2.24, 2.45) is 0 Å². The summed E-state index contributed by atoms with van der Waals surface area (Å²) >= 11 is 1.47. The van der Waals surface area contributed by atoms with Gasteiger partial charge >= 0.3 is 5.69 Å². The highest BCUT2D eigenvalue weighted by atomic mass is 32.1. The third-order valence-electron chi connectivity index (χ3n) is 4.12. The van der Waals surface area contributed by atoms with E-state index >= 15 is 0 Å². The topological polar surface area (TPSA) is 73.3 Å². The van der Waals surface area contributed by atoms with Gasteiger partial charge in [0.1, 0.15) is 16.3 Å². The molecule has 0 aliphatic carbocycles. The summed E-state index contributed by atoms with van der Waals surface area (Å²) in [5, 5.41) is 0.558. The molecule has 2 heterocycles. The van der Waals surface area contributed by atoms with E-state index in [1.54, 1.807) is 13.2 Å². The van der Waals surface area contributed by atoms with Crippen LogP contribution in [0, 0.1) is 0 Å². The van der Waals surface area contributed by atoms with Gasteiger partial charge in [-0.2, -0.15) is 0 Å². The second-order valence-electron chi connectivity index (χ2n) is 5.93. The number of hydrogen-bond donors (Lipinski definition) is 1. The molecule has 3 rings (SSSR count). The number of rotatable bonds is 7. The van der Waals surface area contributed by atoms with Gasteiger partial charge in [-0.25, -0.2) is 4.79 Å². The average molecular weight is 374 g/mol. The van der Waals surface area contributed by atoms with Gasteiger partial charge in [-0.1, -0.05) is 13.3 Å². The van der Waals surface area contributed by atoms with E-state index in [9.17, 15) is 9.59 Å². The normalized spacial score (nSPS) is 11.0. The van der Waals surface area contributed by atoms with Gasteiger partial charge in [-0.3, -0.25) is 14.3 Å². The Morgan fingerprint density at radius 2 is 2.00 bits per heavy atom. The van der Waals surface area contributed by atoms with Crippen molar-refractivity contribution in [2.75, 3.05) is 13.7 Å². The van der Waals surface area contributed by atoms with Gasteiger partial charge in [-0.05, 0) is 31.5 Å². The Kier molecular flexibility index (Phi) is 5.46. The summed E-state index contributed by atoms with van der Waals surface area (Å²) in [7, 11) is 1.56. The van der Waals surface area contributed by atoms with E-state index in [2.05, 4.69) is 11.9 Å². The second kappa shape index (κ2) is 7.78. The quantitative estimate of drug-likeness (QED) is 0.689. The zero-order valence-electron chi connectivity index (χ0n) is 15.1. The summed E-state index contributed by atoms with van der Waals surface area (Å²) in [6.45, 7) is 4.68. The molecule has 0 unspecified atom stereocenters. The minimum Gasteiger partial charge on any atom is -0.496 e. The predicted octanol–water partition coefficient (Wildman–Crippen LogP) is 3.16. The number of hydrogen-bond acceptors (Lipinski definition) is 5. The van der Waals surface area contributed by atoms with Crippen LogP contribution in [0.2, 0.25) is 0 Å². The Bertz CT molecular complexity index is 1030. The van der Waals surface area contributed by atoms with E-state index in [1.807, 2.05) is 25.1 Å². The fourth-order valence-electron chi connectivity index (χ4n) is 2.89. The lowest BCUT2D eigenvalue weighted by molar-refractivity contribution is 0.335. The number of thiophene rings is 1. The SMILES string of the molecule is CCCc1cc2c(=O)n(Cc3ccc(OCC)cc3OC)c(=O)[nH]c2s1. The molecule has 2 aromatic heterocycles. The van der Waals surface area contributed by atoms with Crippen molar-refractivity contribution in [3.8, 4) is 11.5 Å². The first-order chi connectivity index (χ1) is 12.6. The first-order valence-electron chi connectivity index (χ1n) is 8.62. The predicted molar refractivity (Wildman–Crippen MR) is 104 cm³/mol. The van der Waals surface area contributed by atoms with E-state index in [1.165, 1.54) is 15.9 Å². The van der Waals surface area contributed by atoms with Crippen LogP contribution in [0.5, 0.6) is 11.5 Å². The molecule has 0 saturated heterocycles. The molecule has 0 bridgehead atoms. The summed E-state index contributed by atoms with van der Waals surface area (Å²) in [4.78, 5) is 29.8. The number of methoxy groups -OCH3 is 1. The number of nitrogens with zero attached hydrogens (tertiary/aromatic N) is 1. The second-order valence-corrected chi connectivity index (χ2v) is 7.07. The van der Waals surface area contributed by atoms with E-state index in [0.717, 1.165) is 23.3 Å². The Hall–Kier alpha value is -2.54. The van der Waals surface area contributed by atoms with Crippen molar-refractivity contribution >= 4 is 21.6 Å². The largest absolute Gasteiger partial charge is 0.496 e. The summed E-state index contributed by atoms with van der Waals surface area (Å²) in [5.41, 5.74) is 0.0496. The van der Waals surface area contributed by atoms with Crippen LogP contribution in [0.1, 0.15) is 30.7 Å². The third kappa shape index (κ3) is 3.53. The molecular weight excluding hydrogens is 352 g/mol. The molecule has 0 fully saturated rings. The zero-order chi connectivity index (χ0) is 18.7. The molecule has 1 aromatic carbocycles. The molecule has 0 radical (unpaired) electrons. The molecule has 7 heteroatoms. The van der Waals surface area contributed by atoms with Crippen LogP contribution in [0.3, 0.4) is 0 Å². The minimum atomic E-state index is -0.414. The van der Waals surface area contributed by atoms with Crippen LogP contribution < -0.4 is 20.7 Å². The van der Waals surface area contributed by atoms with Crippen LogP contribution in [0.25, 0.3) is 10.2 Å². The number of aromatic nitrogens is 2. The fourth-order valence-corrected chi connectivity index (χ4v) is 4.03. The number of H-pyrrole nitrogens is 1. The van der Waals surface area contributed by atoms with E-state index in [0.29, 0.717) is 28.3 Å². The Balaban J connectivity index is 2.03. The first kappa shape index (κ1) is 18.3. The third-order valence-corrected chi connectivity index (χ3v) is 5.23. The Labute approximate surface area is 155 Å². The number of fused-ring (bicyclic) bond motifs is 1. The molecule has 138 valence electrons. The van der Waals surface area contributed by atoms with Gasteiger partial charge in [-0.15, -0.1) is 11.3 Å². The van der Waals surface area contributed by atoms with Gasteiger partial charge in [0.25, 0.3) is 5.56 Å². The number of aryl methyl sites for hydroxylation is 1. The van der Waals surface area contributed by atoms with Crippen LogP contribution in [-0.4, -0.2) is 23.3 Å². The van der Waals surface area contributed by atoms with Crippen molar-refractivity contribution < 1.29 is 9.47 Å². The molecule has 26 heavy (non-hydrogen) atoms. The maximum absolute atomic E-state index is 12.8. The summed E-state index contributed by atoms with van der Waals surface area (Å²) in [6, 6.07) is 7.27.